The topological polar surface area (TPSA) is 22.9 Å². The van der Waals surface area contributed by atoms with Crippen LogP contribution in [0.5, 0.6) is 0 Å². The van der Waals surface area contributed by atoms with E-state index in [1.807, 2.05) is 0 Å². The number of morpholine rings is 2. The molecule has 0 aromatic heterocycles. The average Bonchev–Trinajstić information content (AvgIpc) is 1.86. The molecule has 3 nitrogen and oxygen atoms in total. The molecule has 2 aliphatic rings. The molecule has 0 radical (unpaired) electrons. The third-order valence-corrected chi connectivity index (χ3v) is 2.32. The highest BCUT2D eigenvalue weighted by Crippen LogP contribution is 2.00. The van der Waals surface area contributed by atoms with Crippen molar-refractivity contribution in [2.75, 3.05) is 26.4 Å². The zero-order valence-corrected chi connectivity index (χ0v) is 6.01. The van der Waals surface area contributed by atoms with Gasteiger partial charge in [0.1, 0.15) is 12.1 Å². The smallest absolute Gasteiger partial charge is 0.111 e. The molecule has 2 saturated heterocycles. The monoisotopic (exact) mass is 143 g/mol. The summed E-state index contributed by atoms with van der Waals surface area (Å²) < 4.78 is 10.7. The summed E-state index contributed by atoms with van der Waals surface area (Å²) in [4.78, 5) is 1.34. The highest BCUT2D eigenvalue weighted by molar-refractivity contribution is 4.69. The van der Waals surface area contributed by atoms with Gasteiger partial charge < -0.3 is 14.4 Å². The van der Waals surface area contributed by atoms with Gasteiger partial charge in [0.15, 0.2) is 0 Å². The maximum absolute atomic E-state index is 5.37. The lowest BCUT2D eigenvalue weighted by molar-refractivity contribution is -0.926. The number of nitrogens with one attached hydrogen (secondary N) is 1. The Morgan fingerprint density at radius 3 is 1.70 bits per heavy atom. The molecular formula is C7H13NO2. The van der Waals surface area contributed by atoms with Crippen LogP contribution in [0, 0.1) is 7.05 Å². The summed E-state index contributed by atoms with van der Waals surface area (Å²) in [5.41, 5.74) is 0. The number of rotatable bonds is 0. The van der Waals surface area contributed by atoms with E-state index in [0.29, 0.717) is 12.1 Å². The Morgan fingerprint density at radius 1 is 1.00 bits per heavy atom. The number of quaternary nitrogens is 1. The number of hydrogen-bond donors (Lipinski definition) is 1. The van der Waals surface area contributed by atoms with Crippen LogP contribution >= 0.6 is 0 Å². The largest absolute Gasteiger partial charge is 0.455 e. The molecule has 0 unspecified atom stereocenters. The molecular weight excluding hydrogens is 130 g/mol. The van der Waals surface area contributed by atoms with Crippen molar-refractivity contribution in [3.05, 3.63) is 7.05 Å². The highest BCUT2D eigenvalue weighted by Gasteiger charge is 2.32. The van der Waals surface area contributed by atoms with Crippen molar-refractivity contribution in [1.29, 1.82) is 0 Å². The molecule has 2 aliphatic heterocycles. The second-order valence-electron chi connectivity index (χ2n) is 3.04. The first-order valence-corrected chi connectivity index (χ1v) is 3.72. The quantitative estimate of drug-likeness (QED) is 0.415. The van der Waals surface area contributed by atoms with Crippen molar-refractivity contribution in [2.24, 2.45) is 0 Å². The molecule has 58 valence electrons. The predicted molar refractivity (Wildman–Crippen MR) is 35.5 cm³/mol. The van der Waals surface area contributed by atoms with E-state index >= 15 is 0 Å². The Hall–Kier alpha value is -0.120. The lowest BCUT2D eigenvalue weighted by Crippen LogP contribution is -3.19. The summed E-state index contributed by atoms with van der Waals surface area (Å²) in [5.74, 6) is 0. The van der Waals surface area contributed by atoms with E-state index in [0.717, 1.165) is 26.4 Å². The standard InChI is InChI=1S/C7H13NO2/c1-8-6-2-9-4-7(8)5-10-3-6/h6-8H,1-5H2. The molecule has 3 heteroatoms. The fraction of sp³-hybridized carbons (Fsp3) is 0.857. The first kappa shape index (κ1) is 6.58. The third kappa shape index (κ3) is 0.944. The van der Waals surface area contributed by atoms with Gasteiger partial charge in [-0.2, -0.15) is 0 Å². The van der Waals surface area contributed by atoms with Crippen LogP contribution in [0.25, 0.3) is 0 Å². The molecule has 0 atom stereocenters. The normalized spacial score (nSPS) is 47.1. The van der Waals surface area contributed by atoms with Gasteiger partial charge in [0.2, 0.25) is 0 Å². The van der Waals surface area contributed by atoms with E-state index in [4.69, 9.17) is 9.47 Å². The number of fused-ring (bicyclic) bond motifs is 2. The van der Waals surface area contributed by atoms with Crippen LogP contribution in [0.2, 0.25) is 0 Å². The van der Waals surface area contributed by atoms with Crippen LogP contribution < -0.4 is 4.90 Å². The molecule has 2 fully saturated rings. The van der Waals surface area contributed by atoms with Crippen LogP contribution in [0.15, 0.2) is 0 Å². The van der Waals surface area contributed by atoms with Crippen LogP contribution in [-0.4, -0.2) is 38.5 Å². The van der Waals surface area contributed by atoms with Crippen LogP contribution in [-0.2, 0) is 9.47 Å². The molecule has 0 aromatic rings. The second-order valence-corrected chi connectivity index (χ2v) is 3.04. The minimum Gasteiger partial charge on any atom is -0.455 e. The molecule has 0 spiro atoms. The van der Waals surface area contributed by atoms with E-state index in [9.17, 15) is 0 Å². The molecule has 10 heavy (non-hydrogen) atoms. The van der Waals surface area contributed by atoms with Crippen LogP contribution in [0.1, 0.15) is 0 Å². The first-order chi connectivity index (χ1) is 4.88. The Labute approximate surface area is 60.9 Å². The zero-order chi connectivity index (χ0) is 6.97. The van der Waals surface area contributed by atoms with Gasteiger partial charge in [-0.15, -0.1) is 7.05 Å². The average molecular weight is 143 g/mol. The van der Waals surface area contributed by atoms with E-state index < -0.39 is 0 Å². The molecule has 0 aromatic carbocycles. The summed E-state index contributed by atoms with van der Waals surface area (Å²) in [6, 6.07) is 0.958. The summed E-state index contributed by atoms with van der Waals surface area (Å²) in [6.45, 7) is 3.26. The SMILES string of the molecule is [CH2-][NH+]1C2COCC1COC2. The van der Waals surface area contributed by atoms with Crippen molar-refractivity contribution < 1.29 is 14.4 Å². The summed E-state index contributed by atoms with van der Waals surface area (Å²) in [6.07, 6.45) is 0. The van der Waals surface area contributed by atoms with Gasteiger partial charge in [-0.3, -0.25) is 0 Å². The van der Waals surface area contributed by atoms with Gasteiger partial charge in [0.25, 0.3) is 0 Å². The van der Waals surface area contributed by atoms with Crippen molar-refractivity contribution in [1.82, 2.24) is 0 Å². The molecule has 2 bridgehead atoms. The number of hydrogen-bond acceptors (Lipinski definition) is 2. The van der Waals surface area contributed by atoms with E-state index in [1.165, 1.54) is 4.90 Å². The maximum Gasteiger partial charge on any atom is 0.111 e. The van der Waals surface area contributed by atoms with E-state index in [-0.39, 0.29) is 0 Å². The molecule has 0 amide bonds. The minimum absolute atomic E-state index is 0.479. The predicted octanol–water partition coefficient (Wildman–Crippen LogP) is -1.54. The maximum atomic E-state index is 5.37. The van der Waals surface area contributed by atoms with Gasteiger partial charge in [0, 0.05) is 0 Å². The van der Waals surface area contributed by atoms with Gasteiger partial charge in [-0.05, 0) is 0 Å². The van der Waals surface area contributed by atoms with Crippen LogP contribution in [0.4, 0.5) is 0 Å². The van der Waals surface area contributed by atoms with Crippen molar-refractivity contribution in [2.45, 2.75) is 12.1 Å². The Morgan fingerprint density at radius 2 is 1.40 bits per heavy atom. The van der Waals surface area contributed by atoms with Gasteiger partial charge in [-0.25, -0.2) is 0 Å². The summed E-state index contributed by atoms with van der Waals surface area (Å²) in [5, 5.41) is 0. The summed E-state index contributed by atoms with van der Waals surface area (Å²) in [7, 11) is 4.04. The number of ether oxygens (including phenoxy) is 2. The molecule has 0 aliphatic carbocycles. The van der Waals surface area contributed by atoms with Crippen LogP contribution in [0.3, 0.4) is 0 Å². The fourth-order valence-corrected chi connectivity index (χ4v) is 1.56. The molecule has 2 rings (SSSR count). The van der Waals surface area contributed by atoms with Gasteiger partial charge in [0.05, 0.1) is 26.4 Å². The lowest BCUT2D eigenvalue weighted by atomic mass is 10.1. The minimum atomic E-state index is 0.479. The third-order valence-electron chi connectivity index (χ3n) is 2.32. The van der Waals surface area contributed by atoms with Gasteiger partial charge in [-0.1, -0.05) is 0 Å². The zero-order valence-electron chi connectivity index (χ0n) is 6.01. The summed E-state index contributed by atoms with van der Waals surface area (Å²) >= 11 is 0. The fourth-order valence-electron chi connectivity index (χ4n) is 1.56. The van der Waals surface area contributed by atoms with Crippen molar-refractivity contribution >= 4 is 0 Å². The lowest BCUT2D eigenvalue weighted by Gasteiger charge is -2.44. The Bertz CT molecular complexity index is 107. The molecule has 1 N–H and O–H groups in total. The van der Waals surface area contributed by atoms with E-state index in [2.05, 4.69) is 7.05 Å². The van der Waals surface area contributed by atoms with Crippen molar-refractivity contribution in [3.8, 4) is 0 Å². The second kappa shape index (κ2) is 2.49. The van der Waals surface area contributed by atoms with Gasteiger partial charge >= 0.3 is 0 Å². The molecule has 2 heterocycles. The Balaban J connectivity index is 2.05. The Kier molecular flexibility index (Phi) is 1.64. The molecule has 0 saturated carbocycles. The first-order valence-electron chi connectivity index (χ1n) is 3.72. The van der Waals surface area contributed by atoms with E-state index in [1.54, 1.807) is 0 Å². The highest BCUT2D eigenvalue weighted by atomic mass is 16.5. The van der Waals surface area contributed by atoms with Crippen molar-refractivity contribution in [3.63, 3.8) is 0 Å².